The fraction of sp³-hybridized carbons (Fsp3) is 0.643. The highest BCUT2D eigenvalue weighted by Gasteiger charge is 2.24. The summed E-state index contributed by atoms with van der Waals surface area (Å²) in [4.78, 5) is 6.42. The maximum absolute atomic E-state index is 5.82. The van der Waals surface area contributed by atoms with Crippen molar-refractivity contribution >= 4 is 5.82 Å². The molecule has 0 N–H and O–H groups in total. The van der Waals surface area contributed by atoms with Crippen LogP contribution in [0.3, 0.4) is 0 Å². The van der Waals surface area contributed by atoms with E-state index >= 15 is 0 Å². The van der Waals surface area contributed by atoms with E-state index in [-0.39, 0.29) is 5.60 Å². The van der Waals surface area contributed by atoms with E-state index in [9.17, 15) is 0 Å². The molecule has 1 aromatic rings. The maximum atomic E-state index is 5.82. The summed E-state index contributed by atoms with van der Waals surface area (Å²) >= 11 is 0. The van der Waals surface area contributed by atoms with Crippen molar-refractivity contribution in [3.8, 4) is 11.6 Å². The van der Waals surface area contributed by atoms with Crippen molar-refractivity contribution in [3.05, 3.63) is 12.1 Å². The molecule has 0 unspecified atom stereocenters. The van der Waals surface area contributed by atoms with Gasteiger partial charge in [-0.3, -0.25) is 0 Å². The van der Waals surface area contributed by atoms with E-state index in [4.69, 9.17) is 9.47 Å². The van der Waals surface area contributed by atoms with Crippen molar-refractivity contribution in [2.75, 3.05) is 19.0 Å². The molecule has 1 saturated carbocycles. The molecule has 0 atom stereocenters. The molecule has 1 aliphatic rings. The number of ether oxygens (including phenoxy) is 2. The smallest absolute Gasteiger partial charge is 0.219 e. The van der Waals surface area contributed by atoms with E-state index in [2.05, 4.69) is 4.98 Å². The Labute approximate surface area is 109 Å². The van der Waals surface area contributed by atoms with Gasteiger partial charge in [-0.2, -0.15) is 4.98 Å². The summed E-state index contributed by atoms with van der Waals surface area (Å²) in [6.07, 6.45) is 2.68. The third kappa shape index (κ3) is 3.79. The van der Waals surface area contributed by atoms with Crippen LogP contribution < -0.4 is 14.4 Å². The molecule has 4 heteroatoms. The first-order chi connectivity index (χ1) is 8.33. The predicted molar refractivity (Wildman–Crippen MR) is 72.6 cm³/mol. The van der Waals surface area contributed by atoms with Gasteiger partial charge >= 0.3 is 0 Å². The Morgan fingerprint density at radius 1 is 1.22 bits per heavy atom. The minimum absolute atomic E-state index is 0.255. The first-order valence-electron chi connectivity index (χ1n) is 6.38. The van der Waals surface area contributed by atoms with Gasteiger partial charge in [-0.15, -0.1) is 0 Å². The average molecular weight is 250 g/mol. The van der Waals surface area contributed by atoms with Crippen molar-refractivity contribution in [1.82, 2.24) is 4.98 Å². The fourth-order valence-electron chi connectivity index (χ4n) is 1.51. The first kappa shape index (κ1) is 13.0. The predicted octanol–water partition coefficient (Wildman–Crippen LogP) is 2.87. The number of aromatic nitrogens is 1. The van der Waals surface area contributed by atoms with Gasteiger partial charge in [0.05, 0.1) is 6.10 Å². The Kier molecular flexibility index (Phi) is 3.37. The van der Waals surface area contributed by atoms with E-state index < -0.39 is 0 Å². The van der Waals surface area contributed by atoms with E-state index in [0.29, 0.717) is 12.0 Å². The van der Waals surface area contributed by atoms with Gasteiger partial charge in [-0.1, -0.05) is 0 Å². The number of rotatable bonds is 4. The van der Waals surface area contributed by atoms with Gasteiger partial charge in [0, 0.05) is 26.2 Å². The van der Waals surface area contributed by atoms with Crippen LogP contribution in [0.25, 0.3) is 0 Å². The van der Waals surface area contributed by atoms with Crippen molar-refractivity contribution in [3.63, 3.8) is 0 Å². The summed E-state index contributed by atoms with van der Waals surface area (Å²) in [5.74, 6) is 2.31. The molecule has 0 aromatic carbocycles. The highest BCUT2D eigenvalue weighted by Crippen LogP contribution is 2.31. The van der Waals surface area contributed by atoms with Crippen LogP contribution in [0, 0.1) is 0 Å². The van der Waals surface area contributed by atoms with Crippen molar-refractivity contribution in [1.29, 1.82) is 0 Å². The monoisotopic (exact) mass is 250 g/mol. The SMILES string of the molecule is CN(C)c1cc(OC2CC2)cc(OC(C)(C)C)n1. The van der Waals surface area contributed by atoms with Crippen LogP contribution >= 0.6 is 0 Å². The maximum Gasteiger partial charge on any atom is 0.219 e. The summed E-state index contributed by atoms with van der Waals surface area (Å²) in [6.45, 7) is 6.04. The van der Waals surface area contributed by atoms with Crippen LogP contribution in [0.1, 0.15) is 33.6 Å². The third-order valence-electron chi connectivity index (χ3n) is 2.46. The van der Waals surface area contributed by atoms with Gasteiger partial charge in [0.25, 0.3) is 0 Å². The van der Waals surface area contributed by atoms with Crippen LogP contribution in [0.5, 0.6) is 11.6 Å². The molecule has 0 bridgehead atoms. The van der Waals surface area contributed by atoms with Gasteiger partial charge in [0.2, 0.25) is 5.88 Å². The zero-order valence-electron chi connectivity index (χ0n) is 11.9. The molecule has 4 nitrogen and oxygen atoms in total. The Balaban J connectivity index is 2.23. The number of nitrogens with zero attached hydrogens (tertiary/aromatic N) is 2. The molecule has 1 fully saturated rings. The number of pyridine rings is 1. The third-order valence-corrected chi connectivity index (χ3v) is 2.46. The lowest BCUT2D eigenvalue weighted by atomic mass is 10.2. The summed E-state index contributed by atoms with van der Waals surface area (Å²) in [5, 5.41) is 0. The Hall–Kier alpha value is -1.45. The normalized spacial score (nSPS) is 15.4. The van der Waals surface area contributed by atoms with Crippen LogP contribution in [0.4, 0.5) is 5.82 Å². The van der Waals surface area contributed by atoms with E-state index in [1.165, 1.54) is 0 Å². The molecule has 18 heavy (non-hydrogen) atoms. The fourth-order valence-corrected chi connectivity index (χ4v) is 1.51. The number of hydrogen-bond acceptors (Lipinski definition) is 4. The largest absolute Gasteiger partial charge is 0.490 e. The van der Waals surface area contributed by atoms with Crippen molar-refractivity contribution < 1.29 is 9.47 Å². The van der Waals surface area contributed by atoms with Gasteiger partial charge in [0.15, 0.2) is 0 Å². The van der Waals surface area contributed by atoms with Gasteiger partial charge < -0.3 is 14.4 Å². The molecular formula is C14H22N2O2. The molecule has 1 heterocycles. The van der Waals surface area contributed by atoms with Crippen molar-refractivity contribution in [2.45, 2.75) is 45.3 Å². The van der Waals surface area contributed by atoms with Gasteiger partial charge in [0.1, 0.15) is 17.2 Å². The molecular weight excluding hydrogens is 228 g/mol. The summed E-state index contributed by atoms with van der Waals surface area (Å²) in [6, 6.07) is 3.82. The van der Waals surface area contributed by atoms with Crippen LogP contribution in [0.15, 0.2) is 12.1 Å². The Bertz CT molecular complexity index is 420. The van der Waals surface area contributed by atoms with Crippen molar-refractivity contribution in [2.24, 2.45) is 0 Å². The molecule has 100 valence electrons. The first-order valence-corrected chi connectivity index (χ1v) is 6.38. The second-order valence-corrected chi connectivity index (χ2v) is 5.93. The number of anilines is 1. The van der Waals surface area contributed by atoms with E-state index in [0.717, 1.165) is 24.4 Å². The minimum Gasteiger partial charge on any atom is -0.490 e. The van der Waals surface area contributed by atoms with Gasteiger partial charge in [-0.05, 0) is 33.6 Å². The molecule has 2 rings (SSSR count). The molecule has 1 aliphatic carbocycles. The second-order valence-electron chi connectivity index (χ2n) is 5.93. The molecule has 0 spiro atoms. The summed E-state index contributed by atoms with van der Waals surface area (Å²) in [7, 11) is 3.92. The van der Waals surface area contributed by atoms with E-state index in [1.807, 2.05) is 51.9 Å². The Morgan fingerprint density at radius 2 is 1.89 bits per heavy atom. The molecule has 1 aromatic heterocycles. The average Bonchev–Trinajstić information content (AvgIpc) is 2.98. The van der Waals surface area contributed by atoms with Gasteiger partial charge in [-0.25, -0.2) is 0 Å². The lowest BCUT2D eigenvalue weighted by molar-refractivity contribution is 0.123. The molecule has 0 radical (unpaired) electrons. The highest BCUT2D eigenvalue weighted by atomic mass is 16.5. The Morgan fingerprint density at radius 3 is 2.39 bits per heavy atom. The second kappa shape index (κ2) is 4.67. The standard InChI is InChI=1S/C14H22N2O2/c1-14(2,3)18-13-9-11(17-10-6-7-10)8-12(15-13)16(4)5/h8-10H,6-7H2,1-5H3. The highest BCUT2D eigenvalue weighted by molar-refractivity contribution is 5.46. The van der Waals surface area contributed by atoms with Crippen LogP contribution in [-0.2, 0) is 0 Å². The quantitative estimate of drug-likeness (QED) is 0.823. The topological polar surface area (TPSA) is 34.6 Å². The zero-order valence-corrected chi connectivity index (χ0v) is 11.9. The molecule has 0 aliphatic heterocycles. The number of hydrogen-bond donors (Lipinski definition) is 0. The molecule has 0 amide bonds. The lowest BCUT2D eigenvalue weighted by Gasteiger charge is -2.22. The van der Waals surface area contributed by atoms with Crippen LogP contribution in [0.2, 0.25) is 0 Å². The van der Waals surface area contributed by atoms with E-state index in [1.54, 1.807) is 0 Å². The summed E-state index contributed by atoms with van der Waals surface area (Å²) < 4.78 is 11.6. The minimum atomic E-state index is -0.255. The lowest BCUT2D eigenvalue weighted by Crippen LogP contribution is -2.24. The zero-order chi connectivity index (χ0) is 13.3. The molecule has 0 saturated heterocycles. The van der Waals surface area contributed by atoms with Crippen LogP contribution in [-0.4, -0.2) is 30.8 Å². The summed E-state index contributed by atoms with van der Waals surface area (Å²) in [5.41, 5.74) is -0.255.